The van der Waals surface area contributed by atoms with Crippen LogP contribution in [0.3, 0.4) is 0 Å². The molecule has 0 saturated carbocycles. The predicted molar refractivity (Wildman–Crippen MR) is 609 cm³/mol. The summed E-state index contributed by atoms with van der Waals surface area (Å²) < 4.78 is 20.1. The summed E-state index contributed by atoms with van der Waals surface area (Å²) in [6.45, 7) is 72.3. The van der Waals surface area contributed by atoms with Crippen LogP contribution in [0.15, 0.2) is 218 Å². The molecule has 0 N–H and O–H groups in total. The van der Waals surface area contributed by atoms with Gasteiger partial charge in [-0.25, -0.2) is 0 Å². The zero-order valence-corrected chi connectivity index (χ0v) is 96.3. The summed E-state index contributed by atoms with van der Waals surface area (Å²) in [5.74, 6) is 23.7. The summed E-state index contributed by atoms with van der Waals surface area (Å²) >= 11 is -9.68. The molecule has 0 bridgehead atoms. The van der Waals surface area contributed by atoms with Crippen molar-refractivity contribution in [3.63, 3.8) is 0 Å². The minimum absolute atomic E-state index is 0.575. The van der Waals surface area contributed by atoms with Crippen LogP contribution < -0.4 is 0 Å². The normalized spacial score (nSPS) is 12.5. The maximum absolute atomic E-state index is 4.16. The van der Waals surface area contributed by atoms with Crippen molar-refractivity contribution in [2.24, 2.45) is 0 Å². The van der Waals surface area contributed by atoms with Crippen molar-refractivity contribution in [3.8, 4) is 65.6 Å². The second-order valence-corrected chi connectivity index (χ2v) is 97.8. The molecule has 0 heterocycles. The van der Waals surface area contributed by atoms with E-state index in [1.807, 2.05) is 0 Å². The minimum atomic E-state index is -2.62. The number of hydrogen-bond acceptors (Lipinski definition) is 0. The molecule has 678 valence electrons. The van der Waals surface area contributed by atoms with Crippen LogP contribution in [-0.2, 0) is 0 Å². The van der Waals surface area contributed by atoms with Gasteiger partial charge in [0.1, 0.15) is 16.1 Å². The molecule has 15 aromatic carbocycles. The fourth-order valence-electron chi connectivity index (χ4n) is 24.4. The Morgan fingerprint density at radius 2 is 0.318 bits per heavy atom. The second kappa shape index (κ2) is 41.9. The van der Waals surface area contributed by atoms with Gasteiger partial charge in [0, 0.05) is 11.1 Å². The average molecular weight is 2010 g/mol. The van der Waals surface area contributed by atoms with Gasteiger partial charge in [-0.05, 0) is 101 Å². The molecule has 15 aromatic rings. The Morgan fingerprint density at radius 3 is 0.439 bits per heavy atom. The molecule has 0 unspecified atom stereocenters. The molecule has 0 amide bonds. The number of fused-ring (bicyclic) bond motifs is 12. The van der Waals surface area contributed by atoms with Gasteiger partial charge in [-0.15, -0.1) is 11.1 Å². The SMILES string of the molecule is CC(C)[Si](C#Cc1c2cc3ccccc3cc2c(C#C[Si](C(C)C)(C(C)C)C(C)C)c2cc3ccccc3cc12)(C(C)C)C(C)C.C[CH2][Ge]([C]#Cc1c2cc3ccccc3cc2c(C#[C][Ge]([CH2]C)([CH2]C)[CH2]C)c2cc3ccccc3cc12)([CH2]C)[CH2]C.C[CH](C)[Ge]([C]#Cc1c2cc3ccccc3cc2c(C#[C][Ge]([CH](C)C)([CH](C)C)[CH](C)C)c2cc3ccccc3cc12)([CH](C)C)[CH](C)C. The third-order valence-electron chi connectivity index (χ3n) is 32.6. The summed E-state index contributed by atoms with van der Waals surface area (Å²) in [5, 5.41) is 37.7. The van der Waals surface area contributed by atoms with E-state index in [2.05, 4.69) is 492 Å². The fourth-order valence-corrected chi connectivity index (χ4v) is 66.9. The Labute approximate surface area is 809 Å². The van der Waals surface area contributed by atoms with Crippen LogP contribution in [-0.4, -0.2) is 69.2 Å². The van der Waals surface area contributed by atoms with Gasteiger partial charge in [-0.2, -0.15) is 0 Å². The van der Waals surface area contributed by atoms with E-state index in [1.165, 1.54) is 194 Å². The van der Waals surface area contributed by atoms with Crippen molar-refractivity contribution >= 4 is 198 Å². The third-order valence-corrected chi connectivity index (χ3v) is 91.4. The molecule has 0 aromatic heterocycles. The van der Waals surface area contributed by atoms with Crippen LogP contribution >= 0.6 is 0 Å². The quantitative estimate of drug-likeness (QED) is 0.0456. The van der Waals surface area contributed by atoms with Crippen molar-refractivity contribution < 1.29 is 0 Å². The summed E-state index contributed by atoms with van der Waals surface area (Å²) in [5.41, 5.74) is 18.8. The molecule has 0 aliphatic rings. The van der Waals surface area contributed by atoms with E-state index in [0.29, 0.717) is 61.7 Å². The van der Waals surface area contributed by atoms with E-state index in [4.69, 9.17) is 0 Å². The predicted octanol–water partition coefficient (Wildman–Crippen LogP) is 38.0. The van der Waals surface area contributed by atoms with Crippen LogP contribution in [0.2, 0.25) is 93.3 Å². The molecule has 0 radical (unpaired) electrons. The van der Waals surface area contributed by atoms with Gasteiger partial charge < -0.3 is 0 Å². The number of benzene rings is 15. The van der Waals surface area contributed by atoms with Gasteiger partial charge in [0.15, 0.2) is 0 Å². The monoisotopic (exact) mass is 2010 g/mol. The molecule has 0 nitrogen and oxygen atoms in total. The topological polar surface area (TPSA) is 0 Å². The Morgan fingerprint density at radius 1 is 0.189 bits per heavy atom. The molecule has 0 saturated heterocycles. The first-order valence-electron chi connectivity index (χ1n) is 50.6. The summed E-state index contributed by atoms with van der Waals surface area (Å²) in [4.78, 5) is 0. The van der Waals surface area contributed by atoms with E-state index < -0.39 is 69.2 Å². The van der Waals surface area contributed by atoms with E-state index in [0.717, 1.165) is 0 Å². The van der Waals surface area contributed by atoms with Crippen LogP contribution in [0.5, 0.6) is 0 Å². The van der Waals surface area contributed by atoms with Gasteiger partial charge in [-0.1, -0.05) is 143 Å². The molecule has 0 aliphatic carbocycles. The Bertz CT molecular complexity index is 6160. The molecule has 0 fully saturated rings. The van der Waals surface area contributed by atoms with Gasteiger partial charge >= 0.3 is 534 Å². The van der Waals surface area contributed by atoms with Crippen LogP contribution in [0.1, 0.15) is 241 Å². The van der Waals surface area contributed by atoms with Crippen molar-refractivity contribution in [3.05, 3.63) is 252 Å². The number of hydrogen-bond donors (Lipinski definition) is 0. The molecule has 6 heteroatoms. The van der Waals surface area contributed by atoms with Crippen LogP contribution in [0.25, 0.3) is 129 Å². The number of rotatable bonds is 18. The molecule has 15 rings (SSSR count). The van der Waals surface area contributed by atoms with Gasteiger partial charge in [0.25, 0.3) is 0 Å². The van der Waals surface area contributed by atoms with Crippen molar-refractivity contribution in [1.29, 1.82) is 0 Å². The van der Waals surface area contributed by atoms with Crippen molar-refractivity contribution in [1.82, 2.24) is 0 Å². The van der Waals surface area contributed by atoms with Gasteiger partial charge in [0.05, 0.1) is 0 Å². The zero-order chi connectivity index (χ0) is 95.4. The average Bonchev–Trinajstić information content (AvgIpc) is 0.737. The summed E-state index contributed by atoms with van der Waals surface area (Å²) in [6.07, 6.45) is 0. The first-order valence-corrected chi connectivity index (χ1v) is 75.4. The standard InChI is InChI=1S/C44H54Ge2.C44H54Si2.C38H42Ge2/c2*1-29(2)45(30(3)4,31(5)6)23-21-39-41-25-35-17-13-15-19-37(35)27-43(41)40(22-24-46(32(7)8,33(9)10)34(11)12)44-28-38-20-16-14-18-36(38)26-42(39)44;1-7-39(8-2,9-3)23-21-33-35-25-29-17-13-15-19-31(29)27-37(35)34(22-24-40(10-4,11-5)12-6)38-28-32-20-16-14-18-30(32)26-36(33)38/h2*13-20,25-34H,1-12H3;13-20,25-28H,7-12H2,1-6H3. The van der Waals surface area contributed by atoms with Gasteiger partial charge in [0.2, 0.25) is 0 Å². The maximum atomic E-state index is 4.16. The van der Waals surface area contributed by atoms with E-state index >= 15 is 0 Å². The summed E-state index contributed by atoms with van der Waals surface area (Å²) in [7, 11) is -3.93. The van der Waals surface area contributed by atoms with E-state index in [-0.39, 0.29) is 0 Å². The summed E-state index contributed by atoms with van der Waals surface area (Å²) in [6, 6.07) is 81.5. The molecule has 0 aliphatic heterocycles. The first-order chi connectivity index (χ1) is 63.0. The Balaban J connectivity index is 0.000000169. The Kier molecular flexibility index (Phi) is 32.0. The zero-order valence-electron chi connectivity index (χ0n) is 86.0. The second-order valence-electron chi connectivity index (χ2n) is 42.5. The fraction of sp³-hybridized carbons (Fsp3) is 0.381. The molecule has 132 heavy (non-hydrogen) atoms. The van der Waals surface area contributed by atoms with Crippen LogP contribution in [0.4, 0.5) is 0 Å². The molecule has 0 atom stereocenters. The van der Waals surface area contributed by atoms with Crippen molar-refractivity contribution in [2.45, 2.75) is 301 Å². The third kappa shape index (κ3) is 19.1. The van der Waals surface area contributed by atoms with Crippen molar-refractivity contribution in [2.75, 3.05) is 0 Å². The Hall–Kier alpha value is -8.61. The molecule has 0 spiro atoms. The van der Waals surface area contributed by atoms with E-state index in [1.54, 1.807) is 0 Å². The first kappa shape index (κ1) is 101. The van der Waals surface area contributed by atoms with Gasteiger partial charge in [-0.3, -0.25) is 0 Å². The molecular weight excluding hydrogens is 1860 g/mol. The van der Waals surface area contributed by atoms with E-state index in [9.17, 15) is 0 Å². The van der Waals surface area contributed by atoms with Crippen LogP contribution in [0, 0.1) is 65.6 Å². The molecular formula is C126H150Ge4Si2.